The monoisotopic (exact) mass is 198 g/mol. The molecule has 3 heteroatoms. The van der Waals surface area contributed by atoms with Crippen LogP contribution in [0.4, 0.5) is 0 Å². The molecule has 0 heterocycles. The lowest BCUT2D eigenvalue weighted by atomic mass is 10.2. The average Bonchev–Trinajstić information content (AvgIpc) is 2.16. The Morgan fingerprint density at radius 1 is 1.29 bits per heavy atom. The van der Waals surface area contributed by atoms with Crippen molar-refractivity contribution in [2.24, 2.45) is 0 Å². The SMILES string of the molecule is C=CC(=O)N(CCCCCC)N(C)C. The van der Waals surface area contributed by atoms with Gasteiger partial charge in [-0.1, -0.05) is 32.8 Å². The zero-order chi connectivity index (χ0) is 11.0. The van der Waals surface area contributed by atoms with Crippen LogP contribution in [0.15, 0.2) is 12.7 Å². The minimum Gasteiger partial charge on any atom is -0.272 e. The van der Waals surface area contributed by atoms with Crippen LogP contribution >= 0.6 is 0 Å². The van der Waals surface area contributed by atoms with Crippen LogP contribution in [0.3, 0.4) is 0 Å². The Kier molecular flexibility index (Phi) is 7.11. The smallest absolute Gasteiger partial charge is 0.260 e. The van der Waals surface area contributed by atoms with Crippen molar-refractivity contribution in [3.8, 4) is 0 Å². The molecular weight excluding hydrogens is 176 g/mol. The first kappa shape index (κ1) is 13.2. The van der Waals surface area contributed by atoms with Crippen LogP contribution in [0, 0.1) is 0 Å². The van der Waals surface area contributed by atoms with Crippen LogP contribution < -0.4 is 0 Å². The molecule has 0 radical (unpaired) electrons. The highest BCUT2D eigenvalue weighted by atomic mass is 16.2. The molecule has 0 bridgehead atoms. The number of hydrogen-bond acceptors (Lipinski definition) is 2. The van der Waals surface area contributed by atoms with Crippen molar-refractivity contribution in [3.05, 3.63) is 12.7 Å². The highest BCUT2D eigenvalue weighted by Crippen LogP contribution is 2.03. The van der Waals surface area contributed by atoms with Crippen LogP contribution in [0.25, 0.3) is 0 Å². The highest BCUT2D eigenvalue weighted by molar-refractivity contribution is 5.86. The summed E-state index contributed by atoms with van der Waals surface area (Å²) in [5.74, 6) is -0.0218. The Morgan fingerprint density at radius 3 is 2.36 bits per heavy atom. The number of nitrogens with zero attached hydrogens (tertiary/aromatic N) is 2. The van der Waals surface area contributed by atoms with Gasteiger partial charge in [0.15, 0.2) is 0 Å². The number of carbonyl (C=O) groups is 1. The van der Waals surface area contributed by atoms with Gasteiger partial charge in [0.2, 0.25) is 0 Å². The number of hydrogen-bond donors (Lipinski definition) is 0. The van der Waals surface area contributed by atoms with E-state index >= 15 is 0 Å². The second kappa shape index (κ2) is 7.56. The van der Waals surface area contributed by atoms with Crippen LogP contribution in [-0.2, 0) is 4.79 Å². The van der Waals surface area contributed by atoms with E-state index in [1.165, 1.54) is 25.3 Å². The molecule has 14 heavy (non-hydrogen) atoms. The van der Waals surface area contributed by atoms with E-state index in [4.69, 9.17) is 0 Å². The number of amides is 1. The summed E-state index contributed by atoms with van der Waals surface area (Å²) in [4.78, 5) is 11.4. The largest absolute Gasteiger partial charge is 0.272 e. The lowest BCUT2D eigenvalue weighted by Crippen LogP contribution is -2.41. The molecule has 0 aromatic carbocycles. The van der Waals surface area contributed by atoms with Crippen LogP contribution in [-0.4, -0.2) is 36.6 Å². The summed E-state index contributed by atoms with van der Waals surface area (Å²) >= 11 is 0. The normalized spacial score (nSPS) is 10.3. The third kappa shape index (κ3) is 5.02. The van der Waals surface area contributed by atoms with Gasteiger partial charge in [-0.3, -0.25) is 9.80 Å². The van der Waals surface area contributed by atoms with E-state index < -0.39 is 0 Å². The third-order valence-corrected chi connectivity index (χ3v) is 2.14. The van der Waals surface area contributed by atoms with E-state index in [2.05, 4.69) is 13.5 Å². The molecule has 0 aliphatic rings. The summed E-state index contributed by atoms with van der Waals surface area (Å²) in [5, 5.41) is 3.53. The molecule has 0 N–H and O–H groups in total. The highest BCUT2D eigenvalue weighted by Gasteiger charge is 2.11. The predicted octanol–water partition coefficient (Wildman–Crippen LogP) is 2.06. The van der Waals surface area contributed by atoms with Crippen molar-refractivity contribution in [3.63, 3.8) is 0 Å². The van der Waals surface area contributed by atoms with E-state index in [-0.39, 0.29) is 5.91 Å². The molecule has 0 aromatic heterocycles. The van der Waals surface area contributed by atoms with Gasteiger partial charge in [0.25, 0.3) is 5.91 Å². The van der Waals surface area contributed by atoms with Crippen LogP contribution in [0.1, 0.15) is 32.6 Å². The standard InChI is InChI=1S/C11H22N2O/c1-5-7-8-9-10-13(12(3)4)11(14)6-2/h6H,2,5,7-10H2,1,3-4H3. The number of rotatable bonds is 7. The maximum Gasteiger partial charge on any atom is 0.260 e. The van der Waals surface area contributed by atoms with Gasteiger partial charge in [0.05, 0.1) is 0 Å². The zero-order valence-electron chi connectivity index (χ0n) is 9.62. The molecule has 0 saturated heterocycles. The quantitative estimate of drug-likeness (QED) is 0.355. The Hall–Kier alpha value is -0.830. The Balaban J connectivity index is 3.86. The van der Waals surface area contributed by atoms with E-state index in [1.807, 2.05) is 19.1 Å². The first-order chi connectivity index (χ1) is 6.63. The Labute approximate surface area is 87.4 Å². The molecule has 1 amide bonds. The zero-order valence-corrected chi connectivity index (χ0v) is 9.62. The molecule has 0 aliphatic carbocycles. The maximum atomic E-state index is 11.4. The molecule has 0 spiro atoms. The molecule has 3 nitrogen and oxygen atoms in total. The van der Waals surface area contributed by atoms with Gasteiger partial charge in [0, 0.05) is 20.6 Å². The van der Waals surface area contributed by atoms with Crippen LogP contribution in [0.2, 0.25) is 0 Å². The Bertz CT molecular complexity index is 178. The minimum absolute atomic E-state index is 0.0218. The molecular formula is C11H22N2O. The van der Waals surface area contributed by atoms with Gasteiger partial charge in [-0.15, -0.1) is 0 Å². The van der Waals surface area contributed by atoms with Gasteiger partial charge >= 0.3 is 0 Å². The fraction of sp³-hybridized carbons (Fsp3) is 0.727. The number of unbranched alkanes of at least 4 members (excludes halogenated alkanes) is 3. The van der Waals surface area contributed by atoms with Crippen molar-refractivity contribution in [2.75, 3.05) is 20.6 Å². The van der Waals surface area contributed by atoms with Gasteiger partial charge in [0.1, 0.15) is 0 Å². The topological polar surface area (TPSA) is 23.6 Å². The van der Waals surface area contributed by atoms with Gasteiger partial charge in [-0.2, -0.15) is 0 Å². The second-order valence-electron chi connectivity index (χ2n) is 3.57. The summed E-state index contributed by atoms with van der Waals surface area (Å²) in [6.07, 6.45) is 6.07. The van der Waals surface area contributed by atoms with Crippen LogP contribution in [0.5, 0.6) is 0 Å². The molecule has 0 atom stereocenters. The molecule has 0 rings (SSSR count). The molecule has 0 unspecified atom stereocenters. The first-order valence-electron chi connectivity index (χ1n) is 5.24. The Morgan fingerprint density at radius 2 is 1.93 bits per heavy atom. The summed E-state index contributed by atoms with van der Waals surface area (Å²) in [6, 6.07) is 0. The number of carbonyl (C=O) groups excluding carboxylic acids is 1. The van der Waals surface area contributed by atoms with E-state index in [1.54, 1.807) is 5.01 Å². The summed E-state index contributed by atoms with van der Waals surface area (Å²) in [7, 11) is 3.75. The van der Waals surface area contributed by atoms with Crippen molar-refractivity contribution >= 4 is 5.91 Å². The van der Waals surface area contributed by atoms with E-state index in [0.29, 0.717) is 0 Å². The van der Waals surface area contributed by atoms with Gasteiger partial charge in [-0.05, 0) is 12.5 Å². The maximum absolute atomic E-state index is 11.4. The van der Waals surface area contributed by atoms with Crippen molar-refractivity contribution in [1.82, 2.24) is 10.0 Å². The summed E-state index contributed by atoms with van der Waals surface area (Å²) < 4.78 is 0. The number of hydrazine groups is 1. The fourth-order valence-electron chi connectivity index (χ4n) is 1.30. The van der Waals surface area contributed by atoms with Gasteiger partial charge < -0.3 is 0 Å². The van der Waals surface area contributed by atoms with Crippen molar-refractivity contribution in [2.45, 2.75) is 32.6 Å². The first-order valence-corrected chi connectivity index (χ1v) is 5.24. The summed E-state index contributed by atoms with van der Waals surface area (Å²) in [6.45, 7) is 6.46. The average molecular weight is 198 g/mol. The molecule has 0 saturated carbocycles. The van der Waals surface area contributed by atoms with Gasteiger partial charge in [-0.25, -0.2) is 5.01 Å². The third-order valence-electron chi connectivity index (χ3n) is 2.14. The van der Waals surface area contributed by atoms with E-state index in [9.17, 15) is 4.79 Å². The molecule has 0 aliphatic heterocycles. The molecule has 82 valence electrons. The summed E-state index contributed by atoms with van der Waals surface area (Å²) in [5.41, 5.74) is 0. The second-order valence-corrected chi connectivity index (χ2v) is 3.57. The van der Waals surface area contributed by atoms with E-state index in [0.717, 1.165) is 13.0 Å². The predicted molar refractivity (Wildman–Crippen MR) is 59.7 cm³/mol. The van der Waals surface area contributed by atoms with Crippen molar-refractivity contribution in [1.29, 1.82) is 0 Å². The minimum atomic E-state index is -0.0218. The molecule has 0 aromatic rings. The fourth-order valence-corrected chi connectivity index (χ4v) is 1.30. The van der Waals surface area contributed by atoms with Crippen molar-refractivity contribution < 1.29 is 4.79 Å². The molecule has 0 fully saturated rings. The lowest BCUT2D eigenvalue weighted by molar-refractivity contribution is -0.139. The lowest BCUT2D eigenvalue weighted by Gasteiger charge is -2.27.